The monoisotopic (exact) mass is 455 g/mol. The van der Waals surface area contributed by atoms with E-state index in [2.05, 4.69) is 33.9 Å². The fourth-order valence-electron chi connectivity index (χ4n) is 4.75. The molecule has 1 amide bonds. The molecule has 1 aliphatic carbocycles. The smallest absolute Gasteiger partial charge is 0.240 e. The first-order chi connectivity index (χ1) is 15.5. The lowest BCUT2D eigenvalue weighted by molar-refractivity contribution is -0.138. The summed E-state index contributed by atoms with van der Waals surface area (Å²) in [5.41, 5.74) is 1.31. The van der Waals surface area contributed by atoms with Crippen molar-refractivity contribution in [3.05, 3.63) is 66.2 Å². The van der Waals surface area contributed by atoms with Crippen molar-refractivity contribution in [2.75, 3.05) is 32.7 Å². The standard InChI is InChI=1S/C25H33N3O3S/c29-25(28-17-15-27(16-18-28)20-22-7-3-1-4-8-22)23-13-11-21(12-14-23)19-26-32(30,31)24-9-5-2-6-10-24/h1-10,21,23,26H,11-20H2. The molecule has 0 unspecified atom stereocenters. The number of carbonyl (C=O) groups excluding carboxylic acids is 1. The molecule has 0 spiro atoms. The van der Waals surface area contributed by atoms with Crippen molar-refractivity contribution >= 4 is 15.9 Å². The zero-order chi connectivity index (χ0) is 22.4. The predicted molar refractivity (Wildman–Crippen MR) is 125 cm³/mol. The highest BCUT2D eigenvalue weighted by molar-refractivity contribution is 7.89. The SMILES string of the molecule is O=C(C1CCC(CNS(=O)(=O)c2ccccc2)CC1)N1CCN(Cc2ccccc2)CC1. The summed E-state index contributed by atoms with van der Waals surface area (Å²) < 4.78 is 27.6. The number of sulfonamides is 1. The van der Waals surface area contributed by atoms with Gasteiger partial charge in [0.15, 0.2) is 0 Å². The lowest BCUT2D eigenvalue weighted by Crippen LogP contribution is -2.50. The number of carbonyl (C=O) groups is 1. The van der Waals surface area contributed by atoms with Gasteiger partial charge in [0.2, 0.25) is 15.9 Å². The van der Waals surface area contributed by atoms with Crippen LogP contribution in [0.1, 0.15) is 31.2 Å². The number of piperazine rings is 1. The molecular weight excluding hydrogens is 422 g/mol. The van der Waals surface area contributed by atoms with Gasteiger partial charge in [-0.3, -0.25) is 9.69 Å². The highest BCUT2D eigenvalue weighted by Gasteiger charge is 2.31. The number of amides is 1. The van der Waals surface area contributed by atoms with Crippen LogP contribution in [-0.4, -0.2) is 56.8 Å². The highest BCUT2D eigenvalue weighted by Crippen LogP contribution is 2.30. The number of nitrogens with zero attached hydrogens (tertiary/aromatic N) is 2. The number of benzene rings is 2. The molecular formula is C25H33N3O3S. The quantitative estimate of drug-likeness (QED) is 0.697. The molecule has 6 nitrogen and oxygen atoms in total. The second-order valence-electron chi connectivity index (χ2n) is 8.97. The van der Waals surface area contributed by atoms with Gasteiger partial charge < -0.3 is 4.90 Å². The third-order valence-corrected chi connectivity index (χ3v) is 8.18. The Morgan fingerprint density at radius 2 is 1.44 bits per heavy atom. The molecule has 1 saturated heterocycles. The molecule has 2 aromatic carbocycles. The summed E-state index contributed by atoms with van der Waals surface area (Å²) in [6, 6.07) is 18.9. The first kappa shape index (κ1) is 23.0. The maximum atomic E-state index is 13.0. The molecule has 2 aromatic rings. The van der Waals surface area contributed by atoms with Gasteiger partial charge in [-0.1, -0.05) is 48.5 Å². The van der Waals surface area contributed by atoms with E-state index in [1.807, 2.05) is 11.0 Å². The Morgan fingerprint density at radius 3 is 2.06 bits per heavy atom. The second kappa shape index (κ2) is 10.6. The van der Waals surface area contributed by atoms with Crippen LogP contribution in [0.2, 0.25) is 0 Å². The van der Waals surface area contributed by atoms with Crippen molar-refractivity contribution in [3.8, 4) is 0 Å². The van der Waals surface area contributed by atoms with Crippen LogP contribution >= 0.6 is 0 Å². The lowest BCUT2D eigenvalue weighted by atomic mass is 9.81. The maximum absolute atomic E-state index is 13.0. The van der Waals surface area contributed by atoms with Gasteiger partial charge in [-0.25, -0.2) is 13.1 Å². The summed E-state index contributed by atoms with van der Waals surface area (Å²) in [5.74, 6) is 0.658. The minimum absolute atomic E-state index is 0.0812. The summed E-state index contributed by atoms with van der Waals surface area (Å²) >= 11 is 0. The van der Waals surface area contributed by atoms with Crippen LogP contribution in [-0.2, 0) is 21.4 Å². The Kier molecular flexibility index (Phi) is 7.60. The van der Waals surface area contributed by atoms with Crippen molar-refractivity contribution < 1.29 is 13.2 Å². The largest absolute Gasteiger partial charge is 0.340 e. The number of nitrogens with one attached hydrogen (secondary N) is 1. The Bertz CT molecular complexity index is 966. The van der Waals surface area contributed by atoms with Gasteiger partial charge in [0, 0.05) is 45.2 Å². The molecule has 172 valence electrons. The van der Waals surface area contributed by atoms with Crippen molar-refractivity contribution in [2.24, 2.45) is 11.8 Å². The predicted octanol–water partition coefficient (Wildman–Crippen LogP) is 3.12. The van der Waals surface area contributed by atoms with Crippen LogP contribution < -0.4 is 4.72 Å². The van der Waals surface area contributed by atoms with Crippen LogP contribution in [0.4, 0.5) is 0 Å². The van der Waals surface area contributed by atoms with E-state index in [1.54, 1.807) is 30.3 Å². The molecule has 0 bridgehead atoms. The molecule has 1 saturated carbocycles. The number of hydrogen-bond donors (Lipinski definition) is 1. The van der Waals surface area contributed by atoms with Gasteiger partial charge in [0.1, 0.15) is 0 Å². The highest BCUT2D eigenvalue weighted by atomic mass is 32.2. The van der Waals surface area contributed by atoms with E-state index in [9.17, 15) is 13.2 Å². The fraction of sp³-hybridized carbons (Fsp3) is 0.480. The molecule has 7 heteroatoms. The third-order valence-electron chi connectivity index (χ3n) is 6.74. The number of rotatable bonds is 7. The normalized spacial score (nSPS) is 22.6. The third kappa shape index (κ3) is 5.97. The van der Waals surface area contributed by atoms with Gasteiger partial charge in [0.05, 0.1) is 4.90 Å². The number of hydrogen-bond acceptors (Lipinski definition) is 4. The molecule has 2 fully saturated rings. The molecule has 1 N–H and O–H groups in total. The lowest BCUT2D eigenvalue weighted by Gasteiger charge is -2.38. The minimum atomic E-state index is -3.46. The van der Waals surface area contributed by atoms with Gasteiger partial charge in [-0.05, 0) is 49.3 Å². The topological polar surface area (TPSA) is 69.7 Å². The van der Waals surface area contributed by atoms with E-state index >= 15 is 0 Å². The minimum Gasteiger partial charge on any atom is -0.340 e. The molecule has 32 heavy (non-hydrogen) atoms. The van der Waals surface area contributed by atoms with Gasteiger partial charge in [-0.2, -0.15) is 0 Å². The summed E-state index contributed by atoms with van der Waals surface area (Å²) in [5, 5.41) is 0. The van der Waals surface area contributed by atoms with Crippen molar-refractivity contribution in [3.63, 3.8) is 0 Å². The Hall–Kier alpha value is -2.22. The van der Waals surface area contributed by atoms with Crippen LogP contribution in [0.3, 0.4) is 0 Å². The Labute approximate surface area is 191 Å². The first-order valence-corrected chi connectivity index (χ1v) is 13.1. The van der Waals surface area contributed by atoms with Crippen LogP contribution in [0.15, 0.2) is 65.6 Å². The summed E-state index contributed by atoms with van der Waals surface area (Å²) in [6.45, 7) is 4.79. The van der Waals surface area contributed by atoms with E-state index in [0.29, 0.717) is 17.4 Å². The average Bonchev–Trinajstić information content (AvgIpc) is 2.84. The maximum Gasteiger partial charge on any atom is 0.240 e. The Balaban J connectivity index is 1.19. The van der Waals surface area contributed by atoms with Gasteiger partial charge >= 0.3 is 0 Å². The molecule has 0 atom stereocenters. The average molecular weight is 456 g/mol. The van der Waals surface area contributed by atoms with Gasteiger partial charge in [0.25, 0.3) is 0 Å². The van der Waals surface area contributed by atoms with Crippen LogP contribution in [0.25, 0.3) is 0 Å². The van der Waals surface area contributed by atoms with Crippen molar-refractivity contribution in [1.29, 1.82) is 0 Å². The zero-order valence-corrected chi connectivity index (χ0v) is 19.3. The van der Waals surface area contributed by atoms with E-state index in [0.717, 1.165) is 58.4 Å². The second-order valence-corrected chi connectivity index (χ2v) is 10.7. The molecule has 4 rings (SSSR count). The fourth-order valence-corrected chi connectivity index (χ4v) is 5.89. The summed E-state index contributed by atoms with van der Waals surface area (Å²) in [7, 11) is -3.46. The Morgan fingerprint density at radius 1 is 0.844 bits per heavy atom. The van der Waals surface area contributed by atoms with E-state index < -0.39 is 10.0 Å². The molecule has 1 aliphatic heterocycles. The molecule has 0 radical (unpaired) electrons. The molecule has 0 aromatic heterocycles. The molecule has 2 aliphatic rings. The van der Waals surface area contributed by atoms with E-state index in [4.69, 9.17) is 0 Å². The zero-order valence-electron chi connectivity index (χ0n) is 18.5. The first-order valence-electron chi connectivity index (χ1n) is 11.6. The van der Waals surface area contributed by atoms with Gasteiger partial charge in [-0.15, -0.1) is 0 Å². The van der Waals surface area contributed by atoms with E-state index in [1.165, 1.54) is 5.56 Å². The van der Waals surface area contributed by atoms with Crippen molar-refractivity contribution in [1.82, 2.24) is 14.5 Å². The van der Waals surface area contributed by atoms with Crippen LogP contribution in [0, 0.1) is 11.8 Å². The summed E-state index contributed by atoms with van der Waals surface area (Å²) in [6.07, 6.45) is 3.48. The van der Waals surface area contributed by atoms with E-state index in [-0.39, 0.29) is 11.8 Å². The van der Waals surface area contributed by atoms with Crippen molar-refractivity contribution in [2.45, 2.75) is 37.1 Å². The molecule has 1 heterocycles. The van der Waals surface area contributed by atoms with Crippen LogP contribution in [0.5, 0.6) is 0 Å². The summed E-state index contributed by atoms with van der Waals surface area (Å²) in [4.78, 5) is 17.8.